The molecule has 3 rings (SSSR count). The zero-order chi connectivity index (χ0) is 22.8. The Bertz CT molecular complexity index is 963. The zero-order valence-electron chi connectivity index (χ0n) is 21.0. The molecule has 1 aromatic heterocycles. The molecule has 0 amide bonds. The van der Waals surface area contributed by atoms with Crippen molar-refractivity contribution in [3.63, 3.8) is 0 Å². The Balaban J connectivity index is 0.00000289. The molecule has 0 saturated heterocycles. The monoisotopic (exact) mass is 525 g/mol. The molecule has 6 heteroatoms. The van der Waals surface area contributed by atoms with E-state index in [2.05, 4.69) is 72.0 Å². The van der Waals surface area contributed by atoms with Crippen LogP contribution in [-0.2, 0) is 13.1 Å². The molecule has 0 atom stereocenters. The number of hydrogen-bond donors (Lipinski definition) is 1. The first kappa shape index (κ1) is 30.8. The fourth-order valence-corrected chi connectivity index (χ4v) is 4.66. The summed E-state index contributed by atoms with van der Waals surface area (Å²) in [6.45, 7) is 13.2. The number of fused-ring (bicyclic) bond motifs is 1. The zero-order valence-corrected chi connectivity index (χ0v) is 23.4. The number of aromatic nitrogens is 1. The molecular weight excluding hydrogens is 485 g/mol. The lowest BCUT2D eigenvalue weighted by molar-refractivity contribution is 0.261. The molecule has 0 saturated carbocycles. The van der Waals surface area contributed by atoms with Gasteiger partial charge in [-0.2, -0.15) is 0 Å². The van der Waals surface area contributed by atoms with Gasteiger partial charge in [0.05, 0.1) is 0 Å². The van der Waals surface area contributed by atoms with Gasteiger partial charge in [-0.1, -0.05) is 74.7 Å². The summed E-state index contributed by atoms with van der Waals surface area (Å²) in [4.78, 5) is 2.65. The number of benzene rings is 2. The van der Waals surface area contributed by atoms with E-state index in [-0.39, 0.29) is 24.8 Å². The molecule has 0 bridgehead atoms. The fraction of sp³-hybridized carbons (Fsp3) is 0.500. The van der Waals surface area contributed by atoms with Crippen molar-refractivity contribution >= 4 is 47.3 Å². The van der Waals surface area contributed by atoms with Gasteiger partial charge in [0, 0.05) is 34.7 Å². The van der Waals surface area contributed by atoms with Crippen LogP contribution in [0, 0.1) is 6.92 Å². The molecule has 0 fully saturated rings. The summed E-state index contributed by atoms with van der Waals surface area (Å²) in [6.07, 6.45) is 6.37. The van der Waals surface area contributed by atoms with E-state index in [1.807, 2.05) is 12.1 Å². The van der Waals surface area contributed by atoms with E-state index in [1.165, 1.54) is 73.9 Å². The molecule has 0 aliphatic rings. The molecule has 0 aliphatic heterocycles. The molecule has 0 unspecified atom stereocenters. The molecular formula is C28H42Cl3N3. The lowest BCUT2D eigenvalue weighted by atomic mass is 10.1. The first-order chi connectivity index (χ1) is 15.7. The van der Waals surface area contributed by atoms with Gasteiger partial charge in [0.2, 0.25) is 0 Å². The Kier molecular flexibility index (Phi) is 14.9. The summed E-state index contributed by atoms with van der Waals surface area (Å²) in [6, 6.07) is 16.9. The van der Waals surface area contributed by atoms with Crippen molar-refractivity contribution in [3.05, 3.63) is 70.4 Å². The van der Waals surface area contributed by atoms with Crippen molar-refractivity contribution in [1.82, 2.24) is 14.8 Å². The Morgan fingerprint density at radius 3 is 2.15 bits per heavy atom. The van der Waals surface area contributed by atoms with Crippen molar-refractivity contribution < 1.29 is 0 Å². The SMILES string of the molecule is CCCCN(CCCC)CCCNCc1c(C)n(Cc2ccccc2Cl)c2ccccc12.Cl.Cl. The van der Waals surface area contributed by atoms with E-state index in [0.29, 0.717) is 0 Å². The third-order valence-electron chi connectivity index (χ3n) is 6.43. The van der Waals surface area contributed by atoms with Crippen LogP contribution in [-0.4, -0.2) is 35.6 Å². The van der Waals surface area contributed by atoms with Crippen molar-refractivity contribution in [2.24, 2.45) is 0 Å². The van der Waals surface area contributed by atoms with E-state index in [0.717, 1.165) is 30.2 Å². The molecule has 2 aromatic carbocycles. The standard InChI is InChI=1S/C28H40ClN3.2ClH/c1-4-6-18-31(19-7-5-2)20-12-17-30-21-26-23(3)32(28-16-11-9-14-25(26)28)22-24-13-8-10-15-27(24)29;;/h8-11,13-16,30H,4-7,12,17-22H2,1-3H3;2*1H. The number of hydrogen-bond acceptors (Lipinski definition) is 2. The largest absolute Gasteiger partial charge is 0.340 e. The predicted molar refractivity (Wildman–Crippen MR) is 154 cm³/mol. The van der Waals surface area contributed by atoms with Gasteiger partial charge in [-0.05, 0) is 75.6 Å². The molecule has 1 heterocycles. The highest BCUT2D eigenvalue weighted by molar-refractivity contribution is 6.31. The minimum Gasteiger partial charge on any atom is -0.340 e. The summed E-state index contributed by atoms with van der Waals surface area (Å²) >= 11 is 6.46. The number of rotatable bonds is 14. The van der Waals surface area contributed by atoms with Crippen LogP contribution in [0.5, 0.6) is 0 Å². The highest BCUT2D eigenvalue weighted by Crippen LogP contribution is 2.28. The van der Waals surface area contributed by atoms with Crippen molar-refractivity contribution in [3.8, 4) is 0 Å². The van der Waals surface area contributed by atoms with Crippen LogP contribution in [0.2, 0.25) is 5.02 Å². The molecule has 0 spiro atoms. The highest BCUT2D eigenvalue weighted by atomic mass is 35.5. The number of nitrogens with zero attached hydrogens (tertiary/aromatic N) is 2. The fourth-order valence-electron chi connectivity index (χ4n) is 4.47. The van der Waals surface area contributed by atoms with Crippen molar-refractivity contribution in [2.45, 2.75) is 66.0 Å². The van der Waals surface area contributed by atoms with Crippen LogP contribution < -0.4 is 5.32 Å². The topological polar surface area (TPSA) is 20.2 Å². The Morgan fingerprint density at radius 2 is 1.47 bits per heavy atom. The average molecular weight is 527 g/mol. The summed E-state index contributed by atoms with van der Waals surface area (Å²) in [5.74, 6) is 0. The maximum Gasteiger partial charge on any atom is 0.0493 e. The lowest BCUT2D eigenvalue weighted by Gasteiger charge is -2.22. The van der Waals surface area contributed by atoms with Crippen LogP contribution in [0.3, 0.4) is 0 Å². The summed E-state index contributed by atoms with van der Waals surface area (Å²) < 4.78 is 2.41. The molecule has 34 heavy (non-hydrogen) atoms. The van der Waals surface area contributed by atoms with Crippen LogP contribution in [0.15, 0.2) is 48.5 Å². The van der Waals surface area contributed by atoms with Crippen LogP contribution in [0.25, 0.3) is 10.9 Å². The normalized spacial score (nSPS) is 11.0. The Morgan fingerprint density at radius 1 is 0.853 bits per heavy atom. The van der Waals surface area contributed by atoms with Gasteiger partial charge in [-0.15, -0.1) is 24.8 Å². The second kappa shape index (κ2) is 16.4. The Labute approximate surface area is 224 Å². The number of para-hydroxylation sites is 1. The molecule has 3 aromatic rings. The summed E-state index contributed by atoms with van der Waals surface area (Å²) in [7, 11) is 0. The number of unbranched alkanes of at least 4 members (excludes halogenated alkanes) is 2. The molecule has 0 aliphatic carbocycles. The minimum atomic E-state index is 0. The second-order valence-electron chi connectivity index (χ2n) is 8.84. The van der Waals surface area contributed by atoms with Crippen LogP contribution >= 0.6 is 36.4 Å². The van der Waals surface area contributed by atoms with E-state index >= 15 is 0 Å². The molecule has 3 nitrogen and oxygen atoms in total. The Hall–Kier alpha value is -1.23. The van der Waals surface area contributed by atoms with Gasteiger partial charge in [-0.3, -0.25) is 0 Å². The third-order valence-corrected chi connectivity index (χ3v) is 6.80. The third kappa shape index (κ3) is 8.46. The van der Waals surface area contributed by atoms with Gasteiger partial charge < -0.3 is 14.8 Å². The molecule has 190 valence electrons. The quantitative estimate of drug-likeness (QED) is 0.216. The molecule has 1 N–H and O–H groups in total. The van der Waals surface area contributed by atoms with Crippen molar-refractivity contribution in [2.75, 3.05) is 26.2 Å². The minimum absolute atomic E-state index is 0. The number of halogens is 3. The lowest BCUT2D eigenvalue weighted by Crippen LogP contribution is -2.29. The van der Waals surface area contributed by atoms with Gasteiger partial charge in [0.1, 0.15) is 0 Å². The summed E-state index contributed by atoms with van der Waals surface area (Å²) in [5, 5.41) is 5.90. The van der Waals surface area contributed by atoms with Gasteiger partial charge in [0.25, 0.3) is 0 Å². The maximum atomic E-state index is 6.46. The average Bonchev–Trinajstić information content (AvgIpc) is 3.07. The van der Waals surface area contributed by atoms with E-state index in [1.54, 1.807) is 0 Å². The first-order valence-electron chi connectivity index (χ1n) is 12.4. The van der Waals surface area contributed by atoms with Crippen molar-refractivity contribution in [1.29, 1.82) is 0 Å². The van der Waals surface area contributed by atoms with Gasteiger partial charge in [-0.25, -0.2) is 0 Å². The maximum absolute atomic E-state index is 6.46. The second-order valence-corrected chi connectivity index (χ2v) is 9.24. The van der Waals surface area contributed by atoms with E-state index in [4.69, 9.17) is 11.6 Å². The first-order valence-corrected chi connectivity index (χ1v) is 12.8. The van der Waals surface area contributed by atoms with Gasteiger partial charge >= 0.3 is 0 Å². The summed E-state index contributed by atoms with van der Waals surface area (Å²) in [5.41, 5.74) is 5.18. The smallest absolute Gasteiger partial charge is 0.0493 e. The van der Waals surface area contributed by atoms with Crippen LogP contribution in [0.4, 0.5) is 0 Å². The van der Waals surface area contributed by atoms with E-state index < -0.39 is 0 Å². The predicted octanol–water partition coefficient (Wildman–Crippen LogP) is 7.88. The molecule has 0 radical (unpaired) electrons. The number of nitrogens with one attached hydrogen (secondary N) is 1. The van der Waals surface area contributed by atoms with Gasteiger partial charge in [0.15, 0.2) is 0 Å². The van der Waals surface area contributed by atoms with E-state index in [9.17, 15) is 0 Å². The highest BCUT2D eigenvalue weighted by Gasteiger charge is 2.14. The van der Waals surface area contributed by atoms with Crippen LogP contribution in [0.1, 0.15) is 62.8 Å².